The Labute approximate surface area is 95.2 Å². The number of H-pyrrole nitrogens is 1. The van der Waals surface area contributed by atoms with Crippen molar-refractivity contribution in [2.75, 3.05) is 6.61 Å². The Hall–Kier alpha value is -2.44. The number of nitrogens with one attached hydrogen (secondary N) is 1. The molecule has 0 saturated carbocycles. The van der Waals surface area contributed by atoms with Crippen molar-refractivity contribution in [1.82, 2.24) is 9.97 Å². The Morgan fingerprint density at radius 1 is 1.53 bits per heavy atom. The third-order valence-corrected chi connectivity index (χ3v) is 2.13. The van der Waals surface area contributed by atoms with Gasteiger partial charge in [0.2, 0.25) is 5.56 Å². The number of pyridine rings is 2. The molecule has 2 heterocycles. The molecule has 1 N–H and O–H groups in total. The molecule has 17 heavy (non-hydrogen) atoms. The zero-order chi connectivity index (χ0) is 12.4. The van der Waals surface area contributed by atoms with Gasteiger partial charge in [0, 0.05) is 17.5 Å². The highest BCUT2D eigenvalue weighted by Gasteiger charge is 2.18. The van der Waals surface area contributed by atoms with E-state index in [-0.39, 0.29) is 29.4 Å². The van der Waals surface area contributed by atoms with Crippen LogP contribution in [-0.2, 0) is 0 Å². The van der Waals surface area contributed by atoms with Crippen LogP contribution in [0.4, 0.5) is 5.69 Å². The van der Waals surface area contributed by atoms with Gasteiger partial charge in [-0.15, -0.1) is 0 Å². The summed E-state index contributed by atoms with van der Waals surface area (Å²) >= 11 is 0. The largest absolute Gasteiger partial charge is 0.473 e. The van der Waals surface area contributed by atoms with Gasteiger partial charge in [-0.2, -0.15) is 4.98 Å². The van der Waals surface area contributed by atoms with Gasteiger partial charge in [-0.05, 0) is 13.0 Å². The van der Waals surface area contributed by atoms with Crippen molar-refractivity contribution in [1.29, 1.82) is 0 Å². The molecule has 7 nitrogen and oxygen atoms in total. The average Bonchev–Trinajstić information content (AvgIpc) is 2.28. The van der Waals surface area contributed by atoms with Gasteiger partial charge in [0.05, 0.1) is 11.5 Å². The van der Waals surface area contributed by atoms with Crippen LogP contribution < -0.4 is 10.3 Å². The SMILES string of the molecule is CCOc1nc2[nH]c(=O)ccc2cc1[N+](=O)[O-]. The first kappa shape index (κ1) is 11.1. The minimum absolute atomic E-state index is 0.0909. The summed E-state index contributed by atoms with van der Waals surface area (Å²) in [4.78, 5) is 27.8. The Morgan fingerprint density at radius 2 is 2.29 bits per heavy atom. The quantitative estimate of drug-likeness (QED) is 0.637. The molecule has 0 atom stereocenters. The van der Waals surface area contributed by atoms with Gasteiger partial charge >= 0.3 is 5.69 Å². The lowest BCUT2D eigenvalue weighted by atomic mass is 10.2. The summed E-state index contributed by atoms with van der Waals surface area (Å²) in [6.07, 6.45) is 0. The Morgan fingerprint density at radius 3 is 2.94 bits per heavy atom. The highest BCUT2D eigenvalue weighted by atomic mass is 16.6. The number of hydrogen-bond donors (Lipinski definition) is 1. The molecule has 0 unspecified atom stereocenters. The van der Waals surface area contributed by atoms with E-state index in [4.69, 9.17) is 4.74 Å². The molecule has 0 aromatic carbocycles. The molecule has 0 aliphatic heterocycles. The molecule has 0 spiro atoms. The first-order valence-corrected chi connectivity index (χ1v) is 4.93. The van der Waals surface area contributed by atoms with Crippen molar-refractivity contribution in [2.45, 2.75) is 6.92 Å². The predicted molar refractivity (Wildman–Crippen MR) is 60.2 cm³/mol. The van der Waals surface area contributed by atoms with E-state index in [2.05, 4.69) is 9.97 Å². The summed E-state index contributed by atoms with van der Waals surface area (Å²) in [5.74, 6) is -0.0909. The Kier molecular flexibility index (Phi) is 2.73. The Balaban J connectivity index is 2.72. The highest BCUT2D eigenvalue weighted by molar-refractivity contribution is 5.78. The number of rotatable bonds is 3. The van der Waals surface area contributed by atoms with Crippen LogP contribution in [0.15, 0.2) is 23.0 Å². The van der Waals surface area contributed by atoms with E-state index in [1.54, 1.807) is 6.92 Å². The number of fused-ring (bicyclic) bond motifs is 1. The Bertz CT molecular complexity index is 635. The standard InChI is InChI=1S/C10H9N3O4/c1-2-17-10-7(13(15)16)5-6-3-4-8(14)11-9(6)12-10/h3-5H,2H2,1H3,(H,11,12,14). The molecule has 7 heteroatoms. The lowest BCUT2D eigenvalue weighted by Gasteiger charge is -2.04. The topological polar surface area (TPSA) is 98.1 Å². The van der Waals surface area contributed by atoms with Gasteiger partial charge in [0.25, 0.3) is 5.88 Å². The van der Waals surface area contributed by atoms with E-state index >= 15 is 0 Å². The molecule has 2 rings (SSSR count). The summed E-state index contributed by atoms with van der Waals surface area (Å²) in [6, 6.07) is 4.08. The summed E-state index contributed by atoms with van der Waals surface area (Å²) in [6.45, 7) is 1.96. The number of aromatic amines is 1. The van der Waals surface area contributed by atoms with Crippen LogP contribution in [0.1, 0.15) is 6.92 Å². The van der Waals surface area contributed by atoms with Crippen molar-refractivity contribution < 1.29 is 9.66 Å². The fourth-order valence-corrected chi connectivity index (χ4v) is 1.43. The molecule has 0 radical (unpaired) electrons. The normalized spacial score (nSPS) is 10.4. The van der Waals surface area contributed by atoms with E-state index in [0.29, 0.717) is 5.39 Å². The summed E-state index contributed by atoms with van der Waals surface area (Å²) in [5.41, 5.74) is -0.265. The van der Waals surface area contributed by atoms with Crippen LogP contribution >= 0.6 is 0 Å². The van der Waals surface area contributed by atoms with Crippen molar-refractivity contribution in [3.05, 3.63) is 38.7 Å². The van der Waals surface area contributed by atoms with Gasteiger partial charge in [0.15, 0.2) is 0 Å². The number of aromatic nitrogens is 2. The molecule has 0 aliphatic carbocycles. The molecule has 88 valence electrons. The van der Waals surface area contributed by atoms with Gasteiger partial charge < -0.3 is 9.72 Å². The van der Waals surface area contributed by atoms with E-state index in [9.17, 15) is 14.9 Å². The van der Waals surface area contributed by atoms with Gasteiger partial charge in [-0.3, -0.25) is 14.9 Å². The minimum atomic E-state index is -0.567. The molecule has 0 fully saturated rings. The molecular weight excluding hydrogens is 226 g/mol. The summed E-state index contributed by atoms with van der Waals surface area (Å²) in [7, 11) is 0. The second kappa shape index (κ2) is 4.20. The van der Waals surface area contributed by atoms with E-state index < -0.39 is 4.92 Å². The zero-order valence-electron chi connectivity index (χ0n) is 8.97. The number of hydrogen-bond acceptors (Lipinski definition) is 5. The zero-order valence-corrected chi connectivity index (χ0v) is 8.97. The third-order valence-electron chi connectivity index (χ3n) is 2.13. The monoisotopic (exact) mass is 235 g/mol. The third kappa shape index (κ3) is 2.07. The summed E-state index contributed by atoms with van der Waals surface area (Å²) < 4.78 is 5.07. The number of nitro groups is 1. The van der Waals surface area contributed by atoms with Gasteiger partial charge in [0.1, 0.15) is 5.65 Å². The highest BCUT2D eigenvalue weighted by Crippen LogP contribution is 2.27. The molecule has 0 amide bonds. The van der Waals surface area contributed by atoms with E-state index in [1.807, 2.05) is 0 Å². The van der Waals surface area contributed by atoms with E-state index in [0.717, 1.165) is 0 Å². The lowest BCUT2D eigenvalue weighted by Crippen LogP contribution is -2.06. The van der Waals surface area contributed by atoms with Crippen molar-refractivity contribution in [2.24, 2.45) is 0 Å². The maximum absolute atomic E-state index is 11.1. The maximum atomic E-state index is 11.1. The molecule has 0 saturated heterocycles. The maximum Gasteiger partial charge on any atom is 0.331 e. The number of ether oxygens (including phenoxy) is 1. The first-order valence-electron chi connectivity index (χ1n) is 4.93. The fraction of sp³-hybridized carbons (Fsp3) is 0.200. The molecule has 0 bridgehead atoms. The van der Waals surface area contributed by atoms with Gasteiger partial charge in [-0.25, -0.2) is 0 Å². The second-order valence-electron chi connectivity index (χ2n) is 3.26. The van der Waals surface area contributed by atoms with Gasteiger partial charge in [-0.1, -0.05) is 0 Å². The number of nitrogens with zero attached hydrogens (tertiary/aromatic N) is 2. The van der Waals surface area contributed by atoms with E-state index in [1.165, 1.54) is 18.2 Å². The van der Waals surface area contributed by atoms with Crippen LogP contribution in [-0.4, -0.2) is 21.5 Å². The second-order valence-corrected chi connectivity index (χ2v) is 3.26. The molecular formula is C10H9N3O4. The smallest absolute Gasteiger partial charge is 0.331 e. The molecule has 2 aromatic heterocycles. The van der Waals surface area contributed by atoms with Crippen LogP contribution in [0.3, 0.4) is 0 Å². The van der Waals surface area contributed by atoms with Crippen LogP contribution in [0.2, 0.25) is 0 Å². The van der Waals surface area contributed by atoms with Crippen LogP contribution in [0.25, 0.3) is 11.0 Å². The van der Waals surface area contributed by atoms with Crippen LogP contribution in [0.5, 0.6) is 5.88 Å². The predicted octanol–water partition coefficient (Wildman–Crippen LogP) is 1.23. The first-order chi connectivity index (χ1) is 8.11. The lowest BCUT2D eigenvalue weighted by molar-refractivity contribution is -0.386. The average molecular weight is 235 g/mol. The minimum Gasteiger partial charge on any atom is -0.473 e. The van der Waals surface area contributed by atoms with Crippen LogP contribution in [0, 0.1) is 10.1 Å². The van der Waals surface area contributed by atoms with Crippen molar-refractivity contribution in [3.63, 3.8) is 0 Å². The molecule has 0 aliphatic rings. The molecule has 2 aromatic rings. The van der Waals surface area contributed by atoms with Crippen molar-refractivity contribution in [3.8, 4) is 5.88 Å². The fourth-order valence-electron chi connectivity index (χ4n) is 1.43. The summed E-state index contributed by atoms with van der Waals surface area (Å²) in [5, 5.41) is 11.3. The van der Waals surface area contributed by atoms with Crippen molar-refractivity contribution >= 4 is 16.7 Å².